The zero-order valence-electron chi connectivity index (χ0n) is 17.0. The molecule has 0 unspecified atom stereocenters. The SMILES string of the molecule is CC1(C)C[C@@H]([C@H]2O[C@H](Nc3ccc4ccccc4c3)[C@H]3OC(C)(C)O[C@@H]23)CO1. The van der Waals surface area contributed by atoms with E-state index in [1.165, 1.54) is 10.8 Å². The highest BCUT2D eigenvalue weighted by Crippen LogP contribution is 2.44. The lowest BCUT2D eigenvalue weighted by atomic mass is 9.90. The smallest absolute Gasteiger partial charge is 0.164 e. The summed E-state index contributed by atoms with van der Waals surface area (Å²) in [6, 6.07) is 14.7. The van der Waals surface area contributed by atoms with Gasteiger partial charge in [-0.25, -0.2) is 0 Å². The fourth-order valence-electron chi connectivity index (χ4n) is 4.86. The van der Waals surface area contributed by atoms with Crippen molar-refractivity contribution in [3.05, 3.63) is 42.5 Å². The number of nitrogens with one attached hydrogen (secondary N) is 1. The molecule has 2 aromatic carbocycles. The molecule has 3 heterocycles. The lowest BCUT2D eigenvalue weighted by molar-refractivity contribution is -0.189. The number of rotatable bonds is 3. The van der Waals surface area contributed by atoms with Gasteiger partial charge in [0, 0.05) is 11.6 Å². The van der Waals surface area contributed by atoms with Gasteiger partial charge in [-0.05, 0) is 57.0 Å². The molecule has 0 amide bonds. The third-order valence-corrected chi connectivity index (χ3v) is 6.05. The Balaban J connectivity index is 1.39. The molecule has 0 spiro atoms. The van der Waals surface area contributed by atoms with Crippen LogP contribution in [0.1, 0.15) is 34.1 Å². The monoisotopic (exact) mass is 383 g/mol. The molecule has 0 radical (unpaired) electrons. The highest BCUT2D eigenvalue weighted by molar-refractivity contribution is 5.85. The van der Waals surface area contributed by atoms with Gasteiger partial charge in [-0.2, -0.15) is 0 Å². The average Bonchev–Trinajstić information content (AvgIpc) is 3.26. The van der Waals surface area contributed by atoms with Gasteiger partial charge in [0.2, 0.25) is 0 Å². The summed E-state index contributed by atoms with van der Waals surface area (Å²) >= 11 is 0. The van der Waals surface area contributed by atoms with E-state index in [-0.39, 0.29) is 30.1 Å². The molecule has 5 nitrogen and oxygen atoms in total. The highest BCUT2D eigenvalue weighted by Gasteiger charge is 2.58. The minimum absolute atomic E-state index is 0.0356. The first-order chi connectivity index (χ1) is 13.3. The van der Waals surface area contributed by atoms with E-state index in [0.29, 0.717) is 12.5 Å². The summed E-state index contributed by atoms with van der Waals surface area (Å²) in [7, 11) is 0. The third-order valence-electron chi connectivity index (χ3n) is 6.05. The first-order valence-electron chi connectivity index (χ1n) is 10.2. The van der Waals surface area contributed by atoms with Crippen molar-refractivity contribution in [3.63, 3.8) is 0 Å². The van der Waals surface area contributed by atoms with Gasteiger partial charge in [-0.3, -0.25) is 0 Å². The Kier molecular flexibility index (Phi) is 4.22. The molecule has 3 aliphatic heterocycles. The third kappa shape index (κ3) is 3.30. The number of benzene rings is 2. The van der Waals surface area contributed by atoms with E-state index in [1.54, 1.807) is 0 Å². The number of anilines is 1. The molecule has 5 heteroatoms. The zero-order chi connectivity index (χ0) is 19.5. The Morgan fingerprint density at radius 3 is 2.39 bits per heavy atom. The van der Waals surface area contributed by atoms with Crippen molar-refractivity contribution in [2.45, 2.75) is 70.0 Å². The number of fused-ring (bicyclic) bond motifs is 2. The highest BCUT2D eigenvalue weighted by atomic mass is 16.8. The lowest BCUT2D eigenvalue weighted by Gasteiger charge is -2.27. The molecule has 5 rings (SSSR count). The molecule has 5 atom stereocenters. The van der Waals surface area contributed by atoms with Gasteiger partial charge in [0.15, 0.2) is 12.0 Å². The minimum Gasteiger partial charge on any atom is -0.375 e. The zero-order valence-corrected chi connectivity index (χ0v) is 17.0. The maximum Gasteiger partial charge on any atom is 0.164 e. The maximum absolute atomic E-state index is 6.47. The quantitative estimate of drug-likeness (QED) is 0.856. The number of ether oxygens (including phenoxy) is 4. The molecular formula is C23H29NO4. The van der Waals surface area contributed by atoms with E-state index in [2.05, 4.69) is 61.6 Å². The van der Waals surface area contributed by atoms with Crippen molar-refractivity contribution >= 4 is 16.5 Å². The summed E-state index contributed by atoms with van der Waals surface area (Å²) < 4.78 is 24.9. The summed E-state index contributed by atoms with van der Waals surface area (Å²) in [5.74, 6) is -0.293. The molecule has 0 aromatic heterocycles. The predicted molar refractivity (Wildman–Crippen MR) is 108 cm³/mol. The standard InChI is InChI=1S/C23H29NO4/c1-22(2)12-16(13-25-22)18-19-20(28-23(3,4)27-19)21(26-18)24-17-10-9-14-7-5-6-8-15(14)11-17/h5-11,16,18-21,24H,12-13H2,1-4H3/t16-,18-,19+,20+,21+/m1/s1. The summed E-state index contributed by atoms with van der Waals surface area (Å²) in [4.78, 5) is 0. The normalized spacial score (nSPS) is 35.9. The Hall–Kier alpha value is -1.66. The van der Waals surface area contributed by atoms with Crippen LogP contribution in [-0.2, 0) is 18.9 Å². The molecule has 150 valence electrons. The van der Waals surface area contributed by atoms with Crippen LogP contribution in [0.4, 0.5) is 5.69 Å². The predicted octanol–water partition coefficient (Wildman–Crippen LogP) is 4.31. The summed E-state index contributed by atoms with van der Waals surface area (Å²) in [5, 5.41) is 5.98. The molecule has 0 bridgehead atoms. The van der Waals surface area contributed by atoms with Gasteiger partial charge < -0.3 is 24.3 Å². The van der Waals surface area contributed by atoms with Crippen LogP contribution < -0.4 is 5.32 Å². The van der Waals surface area contributed by atoms with E-state index < -0.39 is 5.79 Å². The van der Waals surface area contributed by atoms with Crippen LogP contribution >= 0.6 is 0 Å². The van der Waals surface area contributed by atoms with Crippen molar-refractivity contribution < 1.29 is 18.9 Å². The van der Waals surface area contributed by atoms with E-state index in [9.17, 15) is 0 Å². The number of hydrogen-bond donors (Lipinski definition) is 1. The molecule has 2 aromatic rings. The van der Waals surface area contributed by atoms with Crippen LogP contribution in [0.3, 0.4) is 0 Å². The van der Waals surface area contributed by atoms with Crippen LogP contribution in [0, 0.1) is 5.92 Å². The Bertz CT molecular complexity index is 880. The van der Waals surface area contributed by atoms with Gasteiger partial charge in [0.1, 0.15) is 12.2 Å². The molecule has 3 saturated heterocycles. The van der Waals surface area contributed by atoms with Gasteiger partial charge in [-0.15, -0.1) is 0 Å². The second-order valence-corrected chi connectivity index (χ2v) is 9.33. The average molecular weight is 383 g/mol. The van der Waals surface area contributed by atoms with Crippen LogP contribution in [0.25, 0.3) is 10.8 Å². The van der Waals surface area contributed by atoms with Gasteiger partial charge in [0.05, 0.1) is 18.3 Å². The topological polar surface area (TPSA) is 49.0 Å². The minimum atomic E-state index is -0.602. The first kappa shape index (κ1) is 18.4. The van der Waals surface area contributed by atoms with Crippen molar-refractivity contribution in [2.75, 3.05) is 11.9 Å². The summed E-state index contributed by atoms with van der Waals surface area (Å²) in [5.41, 5.74) is 0.918. The lowest BCUT2D eigenvalue weighted by Crippen LogP contribution is -2.36. The van der Waals surface area contributed by atoms with E-state index in [4.69, 9.17) is 18.9 Å². The van der Waals surface area contributed by atoms with Gasteiger partial charge >= 0.3 is 0 Å². The van der Waals surface area contributed by atoms with Gasteiger partial charge in [-0.1, -0.05) is 30.3 Å². The molecule has 3 fully saturated rings. The van der Waals surface area contributed by atoms with Crippen molar-refractivity contribution in [1.82, 2.24) is 0 Å². The van der Waals surface area contributed by atoms with Crippen molar-refractivity contribution in [1.29, 1.82) is 0 Å². The molecular weight excluding hydrogens is 354 g/mol. The molecule has 0 saturated carbocycles. The second kappa shape index (κ2) is 6.42. The van der Waals surface area contributed by atoms with Crippen molar-refractivity contribution in [3.8, 4) is 0 Å². The Morgan fingerprint density at radius 2 is 1.64 bits per heavy atom. The van der Waals surface area contributed by atoms with E-state index in [0.717, 1.165) is 12.1 Å². The Morgan fingerprint density at radius 1 is 0.893 bits per heavy atom. The molecule has 1 N–H and O–H groups in total. The molecule has 3 aliphatic rings. The maximum atomic E-state index is 6.47. The molecule has 28 heavy (non-hydrogen) atoms. The fourth-order valence-corrected chi connectivity index (χ4v) is 4.86. The molecule has 0 aliphatic carbocycles. The largest absolute Gasteiger partial charge is 0.375 e. The van der Waals surface area contributed by atoms with Crippen LogP contribution in [0.2, 0.25) is 0 Å². The first-order valence-corrected chi connectivity index (χ1v) is 10.2. The number of hydrogen-bond acceptors (Lipinski definition) is 5. The fraction of sp³-hybridized carbons (Fsp3) is 0.565. The van der Waals surface area contributed by atoms with E-state index in [1.807, 2.05) is 13.8 Å². The van der Waals surface area contributed by atoms with Crippen molar-refractivity contribution in [2.24, 2.45) is 5.92 Å². The van der Waals surface area contributed by atoms with Gasteiger partial charge in [0.25, 0.3) is 0 Å². The van der Waals surface area contributed by atoms with Crippen LogP contribution in [0.5, 0.6) is 0 Å². The van der Waals surface area contributed by atoms with E-state index >= 15 is 0 Å². The summed E-state index contributed by atoms with van der Waals surface area (Å²) in [6.45, 7) is 8.93. The second-order valence-electron chi connectivity index (χ2n) is 9.33. The van der Waals surface area contributed by atoms with Crippen LogP contribution in [-0.4, -0.2) is 42.5 Å². The summed E-state index contributed by atoms with van der Waals surface area (Å²) in [6.07, 6.45) is 0.451. The Labute approximate surface area is 166 Å². The van der Waals surface area contributed by atoms with Crippen LogP contribution in [0.15, 0.2) is 42.5 Å².